The molecular formula is C14H23NO. The molecule has 2 heterocycles. The summed E-state index contributed by atoms with van der Waals surface area (Å²) in [4.78, 5) is 2.57. The van der Waals surface area contributed by atoms with E-state index in [0.29, 0.717) is 12.0 Å². The van der Waals surface area contributed by atoms with Crippen LogP contribution in [0.5, 0.6) is 0 Å². The molecule has 0 N–H and O–H groups in total. The molecule has 2 rings (SSSR count). The average Bonchev–Trinajstić information content (AvgIpc) is 2.13. The van der Waals surface area contributed by atoms with Crippen LogP contribution in [-0.4, -0.2) is 37.2 Å². The Morgan fingerprint density at radius 3 is 2.19 bits per heavy atom. The molecule has 0 radical (unpaired) electrons. The van der Waals surface area contributed by atoms with Crippen LogP contribution in [0.4, 0.5) is 0 Å². The Bertz CT molecular complexity index is 282. The van der Waals surface area contributed by atoms with E-state index in [2.05, 4.69) is 37.5 Å². The summed E-state index contributed by atoms with van der Waals surface area (Å²) < 4.78 is 5.24. The SMILES string of the molecule is CC(C)(C)C#CC1CCN(C2COC2)CC1. The maximum atomic E-state index is 5.24. The van der Waals surface area contributed by atoms with Gasteiger partial charge in [-0.3, -0.25) is 4.90 Å². The van der Waals surface area contributed by atoms with Gasteiger partial charge in [-0.2, -0.15) is 0 Å². The molecule has 0 atom stereocenters. The molecular weight excluding hydrogens is 198 g/mol. The smallest absolute Gasteiger partial charge is 0.0645 e. The quantitative estimate of drug-likeness (QED) is 0.629. The first-order chi connectivity index (χ1) is 7.54. The summed E-state index contributed by atoms with van der Waals surface area (Å²) in [6.07, 6.45) is 2.47. The Labute approximate surface area is 99.3 Å². The third kappa shape index (κ3) is 3.23. The van der Waals surface area contributed by atoms with Crippen molar-refractivity contribution in [2.24, 2.45) is 11.3 Å². The summed E-state index contributed by atoms with van der Waals surface area (Å²) in [7, 11) is 0. The van der Waals surface area contributed by atoms with E-state index < -0.39 is 0 Å². The maximum absolute atomic E-state index is 5.24. The van der Waals surface area contributed by atoms with E-state index >= 15 is 0 Å². The third-order valence-electron chi connectivity index (χ3n) is 3.32. The average molecular weight is 221 g/mol. The van der Waals surface area contributed by atoms with Gasteiger partial charge in [0.2, 0.25) is 0 Å². The van der Waals surface area contributed by atoms with Gasteiger partial charge in [-0.15, -0.1) is 0 Å². The van der Waals surface area contributed by atoms with Crippen molar-refractivity contribution in [2.45, 2.75) is 39.7 Å². The van der Waals surface area contributed by atoms with Crippen molar-refractivity contribution >= 4 is 0 Å². The van der Waals surface area contributed by atoms with Crippen molar-refractivity contribution in [1.29, 1.82) is 0 Å². The largest absolute Gasteiger partial charge is 0.378 e. The number of hydrogen-bond acceptors (Lipinski definition) is 2. The molecule has 0 unspecified atom stereocenters. The van der Waals surface area contributed by atoms with E-state index in [1.807, 2.05) is 0 Å². The normalized spacial score (nSPS) is 24.7. The Morgan fingerprint density at radius 2 is 1.75 bits per heavy atom. The molecule has 90 valence electrons. The van der Waals surface area contributed by atoms with Crippen LogP contribution in [0.25, 0.3) is 0 Å². The fourth-order valence-corrected chi connectivity index (χ4v) is 2.16. The second kappa shape index (κ2) is 4.77. The monoisotopic (exact) mass is 221 g/mol. The Balaban J connectivity index is 1.78. The van der Waals surface area contributed by atoms with Gasteiger partial charge < -0.3 is 4.74 Å². The first kappa shape index (κ1) is 12.0. The van der Waals surface area contributed by atoms with Gasteiger partial charge in [0.25, 0.3) is 0 Å². The molecule has 16 heavy (non-hydrogen) atoms. The summed E-state index contributed by atoms with van der Waals surface area (Å²) >= 11 is 0. The van der Waals surface area contributed by atoms with Gasteiger partial charge in [0.1, 0.15) is 0 Å². The van der Waals surface area contributed by atoms with Gasteiger partial charge in [0, 0.05) is 11.3 Å². The van der Waals surface area contributed by atoms with Gasteiger partial charge >= 0.3 is 0 Å². The fourth-order valence-electron chi connectivity index (χ4n) is 2.16. The molecule has 2 fully saturated rings. The highest BCUT2D eigenvalue weighted by Crippen LogP contribution is 2.22. The lowest BCUT2D eigenvalue weighted by Gasteiger charge is -2.40. The maximum Gasteiger partial charge on any atom is 0.0645 e. The molecule has 2 aliphatic rings. The topological polar surface area (TPSA) is 12.5 Å². The predicted octanol–water partition coefficient (Wildman–Crippen LogP) is 2.15. The molecule has 2 aliphatic heterocycles. The number of ether oxygens (including phenoxy) is 1. The van der Waals surface area contributed by atoms with E-state index in [4.69, 9.17) is 4.74 Å². The first-order valence-electron chi connectivity index (χ1n) is 6.39. The molecule has 2 nitrogen and oxygen atoms in total. The van der Waals surface area contributed by atoms with Gasteiger partial charge in [-0.1, -0.05) is 11.8 Å². The molecule has 0 amide bonds. The van der Waals surface area contributed by atoms with E-state index in [1.54, 1.807) is 0 Å². The van der Waals surface area contributed by atoms with Gasteiger partial charge in [0.05, 0.1) is 19.3 Å². The third-order valence-corrected chi connectivity index (χ3v) is 3.32. The highest BCUT2D eigenvalue weighted by molar-refractivity contribution is 5.11. The lowest BCUT2D eigenvalue weighted by atomic mass is 9.92. The van der Waals surface area contributed by atoms with Crippen molar-refractivity contribution in [3.63, 3.8) is 0 Å². The van der Waals surface area contributed by atoms with E-state index in [1.165, 1.54) is 25.9 Å². The second-order valence-corrected chi connectivity index (χ2v) is 6.02. The van der Waals surface area contributed by atoms with Crippen LogP contribution in [-0.2, 0) is 4.74 Å². The van der Waals surface area contributed by atoms with Crippen LogP contribution in [0, 0.1) is 23.2 Å². The molecule has 0 saturated carbocycles. The number of hydrogen-bond donors (Lipinski definition) is 0. The summed E-state index contributed by atoms with van der Waals surface area (Å²) in [5.41, 5.74) is 0.152. The zero-order valence-corrected chi connectivity index (χ0v) is 10.8. The number of likely N-dealkylation sites (tertiary alicyclic amines) is 1. The molecule has 2 saturated heterocycles. The number of rotatable bonds is 1. The minimum Gasteiger partial charge on any atom is -0.378 e. The van der Waals surface area contributed by atoms with Crippen LogP contribution in [0.1, 0.15) is 33.6 Å². The zero-order valence-electron chi connectivity index (χ0n) is 10.8. The molecule has 0 bridgehead atoms. The summed E-state index contributed by atoms with van der Waals surface area (Å²) in [5, 5.41) is 0. The lowest BCUT2D eigenvalue weighted by molar-refractivity contribution is -0.0719. The van der Waals surface area contributed by atoms with Crippen LogP contribution in [0.3, 0.4) is 0 Å². The highest BCUT2D eigenvalue weighted by Gasteiger charge is 2.29. The molecule has 0 aromatic heterocycles. The zero-order chi connectivity index (χ0) is 11.6. The molecule has 2 heteroatoms. The van der Waals surface area contributed by atoms with E-state index in [0.717, 1.165) is 13.2 Å². The van der Waals surface area contributed by atoms with Crippen LogP contribution in [0.15, 0.2) is 0 Å². The summed E-state index contributed by atoms with van der Waals surface area (Å²) in [6, 6.07) is 0.705. The molecule has 0 spiro atoms. The fraction of sp³-hybridized carbons (Fsp3) is 0.857. The highest BCUT2D eigenvalue weighted by atomic mass is 16.5. The van der Waals surface area contributed by atoms with Gasteiger partial charge in [-0.05, 0) is 46.7 Å². The van der Waals surface area contributed by atoms with E-state index in [9.17, 15) is 0 Å². The van der Waals surface area contributed by atoms with E-state index in [-0.39, 0.29) is 5.41 Å². The van der Waals surface area contributed by atoms with Crippen molar-refractivity contribution in [3.8, 4) is 11.8 Å². The van der Waals surface area contributed by atoms with Crippen molar-refractivity contribution in [3.05, 3.63) is 0 Å². The molecule has 0 aromatic rings. The van der Waals surface area contributed by atoms with Crippen LogP contribution >= 0.6 is 0 Å². The minimum atomic E-state index is 0.152. The van der Waals surface area contributed by atoms with Crippen molar-refractivity contribution < 1.29 is 4.74 Å². The molecule has 0 aromatic carbocycles. The van der Waals surface area contributed by atoms with Crippen LogP contribution < -0.4 is 0 Å². The predicted molar refractivity (Wildman–Crippen MR) is 66.1 cm³/mol. The van der Waals surface area contributed by atoms with Crippen molar-refractivity contribution in [2.75, 3.05) is 26.3 Å². The summed E-state index contributed by atoms with van der Waals surface area (Å²) in [5.74, 6) is 7.44. The van der Waals surface area contributed by atoms with Crippen LogP contribution in [0.2, 0.25) is 0 Å². The van der Waals surface area contributed by atoms with Gasteiger partial charge in [-0.25, -0.2) is 0 Å². The number of piperidine rings is 1. The molecule has 0 aliphatic carbocycles. The Kier molecular flexibility index (Phi) is 3.56. The standard InChI is InChI=1S/C14H23NO/c1-14(2,3)7-4-12-5-8-15(9-6-12)13-10-16-11-13/h12-13H,5-6,8-11H2,1-3H3. The van der Waals surface area contributed by atoms with Gasteiger partial charge in [0.15, 0.2) is 0 Å². The Hall–Kier alpha value is -0.520. The summed E-state index contributed by atoms with van der Waals surface area (Å²) in [6.45, 7) is 10.8. The number of nitrogens with zero attached hydrogens (tertiary/aromatic N) is 1. The first-order valence-corrected chi connectivity index (χ1v) is 6.39. The lowest BCUT2D eigenvalue weighted by Crippen LogP contribution is -2.51. The Morgan fingerprint density at radius 1 is 1.12 bits per heavy atom. The minimum absolute atomic E-state index is 0.152. The van der Waals surface area contributed by atoms with Crippen molar-refractivity contribution in [1.82, 2.24) is 4.90 Å². The second-order valence-electron chi connectivity index (χ2n) is 6.02.